The maximum atomic E-state index is 12.7. The highest BCUT2D eigenvalue weighted by Gasteiger charge is 2.12. The van der Waals surface area contributed by atoms with Crippen LogP contribution in [0.3, 0.4) is 0 Å². The number of anilines is 2. The van der Waals surface area contributed by atoms with Gasteiger partial charge in [-0.1, -0.05) is 24.3 Å². The Kier molecular flexibility index (Phi) is 5.61. The van der Waals surface area contributed by atoms with Gasteiger partial charge in [0.15, 0.2) is 0 Å². The number of aryl methyl sites for hydroxylation is 4. The number of hydrogen-bond donors (Lipinski definition) is 3. The molecule has 1 heterocycles. The molecule has 174 valence electrons. The number of rotatable bonds is 4. The number of fused-ring (bicyclic) bond motifs is 3. The average Bonchev–Trinajstić information content (AvgIpc) is 3.19. The number of H-pyrrole nitrogens is 1. The molecule has 0 bridgehead atoms. The number of carbonyl (C=O) groups excluding carboxylic acids is 2. The van der Waals surface area contributed by atoms with Crippen LogP contribution in [0.2, 0.25) is 0 Å². The van der Waals surface area contributed by atoms with Gasteiger partial charge in [-0.25, -0.2) is 0 Å². The summed E-state index contributed by atoms with van der Waals surface area (Å²) in [6.45, 7) is 8.06. The van der Waals surface area contributed by atoms with E-state index in [0.717, 1.165) is 55.4 Å². The highest BCUT2D eigenvalue weighted by molar-refractivity contribution is 6.11. The molecule has 0 saturated heterocycles. The third-order valence-corrected chi connectivity index (χ3v) is 6.65. The maximum absolute atomic E-state index is 12.7. The number of carbonyl (C=O) groups is 2. The van der Waals surface area contributed by atoms with E-state index in [1.807, 2.05) is 100 Å². The molecule has 0 spiro atoms. The average molecular weight is 462 g/mol. The van der Waals surface area contributed by atoms with Gasteiger partial charge in [0.2, 0.25) is 0 Å². The molecule has 0 aliphatic carbocycles. The van der Waals surface area contributed by atoms with E-state index in [4.69, 9.17) is 0 Å². The molecule has 5 aromatic rings. The SMILES string of the molecule is Cc1ccc(C(=O)Nc2ccc3c(c2)[nH]c2cc(NC(=O)c4ccc(C)c(C)c4)ccc23)cc1C. The van der Waals surface area contributed by atoms with Crippen molar-refractivity contribution in [2.45, 2.75) is 27.7 Å². The quantitative estimate of drug-likeness (QED) is 0.268. The summed E-state index contributed by atoms with van der Waals surface area (Å²) in [7, 11) is 0. The van der Waals surface area contributed by atoms with Crippen molar-refractivity contribution < 1.29 is 9.59 Å². The summed E-state index contributed by atoms with van der Waals surface area (Å²) in [5, 5.41) is 8.08. The number of hydrogen-bond acceptors (Lipinski definition) is 2. The lowest BCUT2D eigenvalue weighted by Gasteiger charge is -2.08. The second kappa shape index (κ2) is 8.76. The number of amides is 2. The summed E-state index contributed by atoms with van der Waals surface area (Å²) in [6, 6.07) is 23.1. The Balaban J connectivity index is 1.39. The standard InChI is InChI=1S/C30H27N3O2/c1-17-5-7-21(13-19(17)3)29(34)31-23-9-11-25-26-12-10-24(16-28(26)33-27(25)15-23)32-30(35)22-8-6-18(2)20(4)14-22/h5-16,33H,1-4H3,(H,31,34)(H,32,35). The molecule has 35 heavy (non-hydrogen) atoms. The van der Waals surface area contributed by atoms with E-state index in [-0.39, 0.29) is 11.8 Å². The van der Waals surface area contributed by atoms with Gasteiger partial charge in [-0.2, -0.15) is 0 Å². The van der Waals surface area contributed by atoms with Gasteiger partial charge in [-0.3, -0.25) is 9.59 Å². The minimum Gasteiger partial charge on any atom is -0.354 e. The molecule has 2 amide bonds. The van der Waals surface area contributed by atoms with E-state index in [9.17, 15) is 9.59 Å². The number of aromatic amines is 1. The van der Waals surface area contributed by atoms with Crippen LogP contribution in [0.1, 0.15) is 43.0 Å². The number of nitrogens with one attached hydrogen (secondary N) is 3. The Morgan fingerprint density at radius 1 is 0.543 bits per heavy atom. The first-order chi connectivity index (χ1) is 16.8. The molecule has 0 aliphatic heterocycles. The van der Waals surface area contributed by atoms with E-state index >= 15 is 0 Å². The molecule has 5 nitrogen and oxygen atoms in total. The largest absolute Gasteiger partial charge is 0.354 e. The summed E-state index contributed by atoms with van der Waals surface area (Å²) in [4.78, 5) is 28.9. The van der Waals surface area contributed by atoms with Crippen molar-refractivity contribution in [2.24, 2.45) is 0 Å². The maximum Gasteiger partial charge on any atom is 0.255 e. The van der Waals surface area contributed by atoms with Crippen molar-refractivity contribution in [3.05, 3.63) is 106 Å². The lowest BCUT2D eigenvalue weighted by Crippen LogP contribution is -2.12. The van der Waals surface area contributed by atoms with Crippen molar-refractivity contribution in [1.82, 2.24) is 4.98 Å². The smallest absolute Gasteiger partial charge is 0.255 e. The predicted molar refractivity (Wildman–Crippen MR) is 144 cm³/mol. The van der Waals surface area contributed by atoms with Crippen LogP contribution in [0.25, 0.3) is 21.8 Å². The summed E-state index contributed by atoms with van der Waals surface area (Å²) in [6.07, 6.45) is 0. The molecular weight excluding hydrogens is 434 g/mol. The van der Waals surface area contributed by atoms with Crippen LogP contribution in [0.5, 0.6) is 0 Å². The predicted octanol–water partition coefficient (Wildman–Crippen LogP) is 7.06. The molecule has 0 fully saturated rings. The van der Waals surface area contributed by atoms with Crippen molar-refractivity contribution in [1.29, 1.82) is 0 Å². The minimum atomic E-state index is -0.139. The minimum absolute atomic E-state index is 0.139. The van der Waals surface area contributed by atoms with Crippen LogP contribution in [-0.4, -0.2) is 16.8 Å². The molecule has 5 rings (SSSR count). The van der Waals surface area contributed by atoms with E-state index in [1.54, 1.807) is 0 Å². The third-order valence-electron chi connectivity index (χ3n) is 6.65. The second-order valence-electron chi connectivity index (χ2n) is 9.15. The van der Waals surface area contributed by atoms with Crippen LogP contribution in [-0.2, 0) is 0 Å². The van der Waals surface area contributed by atoms with Crippen LogP contribution in [0, 0.1) is 27.7 Å². The van der Waals surface area contributed by atoms with E-state index < -0.39 is 0 Å². The van der Waals surface area contributed by atoms with Gasteiger partial charge in [0, 0.05) is 44.3 Å². The fourth-order valence-corrected chi connectivity index (χ4v) is 4.24. The summed E-state index contributed by atoms with van der Waals surface area (Å²) in [5.41, 5.74) is 9.02. The third kappa shape index (κ3) is 4.41. The highest BCUT2D eigenvalue weighted by atomic mass is 16.2. The lowest BCUT2D eigenvalue weighted by atomic mass is 10.1. The summed E-state index contributed by atoms with van der Waals surface area (Å²) < 4.78 is 0. The molecule has 5 heteroatoms. The first kappa shape index (κ1) is 22.4. The van der Waals surface area contributed by atoms with E-state index in [2.05, 4.69) is 15.6 Å². The fraction of sp³-hybridized carbons (Fsp3) is 0.133. The zero-order chi connectivity index (χ0) is 24.7. The first-order valence-electron chi connectivity index (χ1n) is 11.6. The van der Waals surface area contributed by atoms with Crippen LogP contribution in [0.15, 0.2) is 72.8 Å². The lowest BCUT2D eigenvalue weighted by molar-refractivity contribution is 0.101. The molecule has 0 radical (unpaired) electrons. The van der Waals surface area contributed by atoms with Crippen LogP contribution >= 0.6 is 0 Å². The number of aromatic nitrogens is 1. The molecule has 0 unspecified atom stereocenters. The Morgan fingerprint density at radius 2 is 0.971 bits per heavy atom. The summed E-state index contributed by atoms with van der Waals surface area (Å²) in [5.74, 6) is -0.278. The topological polar surface area (TPSA) is 74.0 Å². The van der Waals surface area contributed by atoms with Crippen molar-refractivity contribution in [2.75, 3.05) is 10.6 Å². The Labute approximate surface area is 204 Å². The number of benzene rings is 4. The van der Waals surface area contributed by atoms with Crippen LogP contribution < -0.4 is 10.6 Å². The Hall–Kier alpha value is -4.38. The van der Waals surface area contributed by atoms with Gasteiger partial charge in [-0.15, -0.1) is 0 Å². The van der Waals surface area contributed by atoms with E-state index in [1.165, 1.54) is 0 Å². The van der Waals surface area contributed by atoms with Gasteiger partial charge in [0.1, 0.15) is 0 Å². The van der Waals surface area contributed by atoms with Crippen molar-refractivity contribution >= 4 is 45.0 Å². The molecule has 3 N–H and O–H groups in total. The molecular formula is C30H27N3O2. The molecule has 1 aromatic heterocycles. The van der Waals surface area contributed by atoms with Gasteiger partial charge in [0.05, 0.1) is 0 Å². The van der Waals surface area contributed by atoms with E-state index in [0.29, 0.717) is 11.1 Å². The van der Waals surface area contributed by atoms with Crippen LogP contribution in [0.4, 0.5) is 11.4 Å². The zero-order valence-electron chi connectivity index (χ0n) is 20.2. The summed E-state index contributed by atoms with van der Waals surface area (Å²) >= 11 is 0. The second-order valence-corrected chi connectivity index (χ2v) is 9.15. The Morgan fingerprint density at radius 3 is 1.37 bits per heavy atom. The monoisotopic (exact) mass is 461 g/mol. The molecule has 0 atom stereocenters. The normalized spacial score (nSPS) is 11.1. The van der Waals surface area contributed by atoms with Gasteiger partial charge in [0.25, 0.3) is 11.8 Å². The fourth-order valence-electron chi connectivity index (χ4n) is 4.24. The molecule has 0 aliphatic rings. The molecule has 4 aromatic carbocycles. The first-order valence-corrected chi connectivity index (χ1v) is 11.6. The highest BCUT2D eigenvalue weighted by Crippen LogP contribution is 2.30. The van der Waals surface area contributed by atoms with Gasteiger partial charge >= 0.3 is 0 Å². The Bertz CT molecular complexity index is 1510. The molecule has 0 saturated carbocycles. The zero-order valence-corrected chi connectivity index (χ0v) is 20.2. The van der Waals surface area contributed by atoms with Crippen molar-refractivity contribution in [3.8, 4) is 0 Å². The van der Waals surface area contributed by atoms with Gasteiger partial charge < -0.3 is 15.6 Å². The van der Waals surface area contributed by atoms with Crippen molar-refractivity contribution in [3.63, 3.8) is 0 Å². The van der Waals surface area contributed by atoms with Gasteiger partial charge in [-0.05, 0) is 98.5 Å².